The molecule has 0 bridgehead atoms. The molecule has 4 N–H and O–H groups in total. The molecular weight excluding hydrogens is 1190 g/mol. The number of aliphatic hydroxyl groups excluding tert-OH is 2. The molecule has 0 aromatic rings. The van der Waals surface area contributed by atoms with Crippen LogP contribution < -0.4 is 0 Å². The molecule has 0 aromatic carbocycles. The lowest BCUT2D eigenvalue weighted by Crippen LogP contribution is -2.30. The number of hydrogen-bond donors (Lipinski definition) is 4. The summed E-state index contributed by atoms with van der Waals surface area (Å²) in [5.41, 5.74) is 0. The maximum absolute atomic E-state index is 12.9. The van der Waals surface area contributed by atoms with Crippen molar-refractivity contribution in [3.8, 4) is 0 Å². The van der Waals surface area contributed by atoms with Crippen LogP contribution in [0.4, 0.5) is 0 Å². The van der Waals surface area contributed by atoms with Crippen LogP contribution in [-0.2, 0) is 55.8 Å². The Bertz CT molecular complexity index is 2190. The van der Waals surface area contributed by atoms with Gasteiger partial charge in [0, 0.05) is 19.3 Å². The third kappa shape index (κ3) is 66.9. The van der Waals surface area contributed by atoms with Gasteiger partial charge in [-0.2, -0.15) is 0 Å². The highest BCUT2D eigenvalue weighted by molar-refractivity contribution is 7.47. The molecular formula is C73H122O16P2. The molecule has 0 fully saturated rings. The third-order valence-electron chi connectivity index (χ3n) is 13.9. The van der Waals surface area contributed by atoms with E-state index in [0.29, 0.717) is 19.3 Å². The Kier molecular flexibility index (Phi) is 62.6. The Balaban J connectivity index is 4.62. The van der Waals surface area contributed by atoms with E-state index in [0.717, 1.165) is 154 Å². The van der Waals surface area contributed by atoms with E-state index in [1.54, 1.807) is 0 Å². The van der Waals surface area contributed by atoms with Crippen molar-refractivity contribution in [2.75, 3.05) is 39.6 Å². The molecule has 91 heavy (non-hydrogen) atoms. The van der Waals surface area contributed by atoms with Gasteiger partial charge >= 0.3 is 33.6 Å². The Morgan fingerprint density at radius 1 is 0.319 bits per heavy atom. The highest BCUT2D eigenvalue weighted by Crippen LogP contribution is 2.45. The van der Waals surface area contributed by atoms with Crippen LogP contribution in [0.1, 0.15) is 252 Å². The SMILES string of the molecule is CC/C=C\C/C=C\C/C=C\C/C=C\C/C=C\C/C=C\CCCCC(=O)OCC(COP(=O)(O)OCC(O)COP(=O)(O)OCC(O)COC(=O)CCCCCCCCC/C=C\C/C=C\C/C=C\C/C=C\C/C=C\CC)OC(=O)CCCCCCCCCCCCC. The second-order valence-electron chi connectivity index (χ2n) is 22.6. The van der Waals surface area contributed by atoms with Gasteiger partial charge in [-0.25, -0.2) is 9.13 Å². The Hall–Kier alpha value is -4.31. The summed E-state index contributed by atoms with van der Waals surface area (Å²) in [7, 11) is -9.79. The van der Waals surface area contributed by atoms with Gasteiger partial charge in [-0.05, 0) is 116 Å². The van der Waals surface area contributed by atoms with E-state index in [1.807, 2.05) is 0 Å². The van der Waals surface area contributed by atoms with Gasteiger partial charge in [-0.1, -0.05) is 251 Å². The summed E-state index contributed by atoms with van der Waals surface area (Å²) in [6, 6.07) is 0. The molecule has 0 aliphatic carbocycles. The molecule has 5 atom stereocenters. The standard InChI is InChI=1S/C73H122O16P2/c1-4-7-10-13-16-19-22-24-26-28-30-32-33-35-37-38-40-42-45-47-50-53-56-59-71(76)83-62-68(74)63-85-90(79,80)86-64-69(75)65-87-91(81,82)88-67-70(89-73(78)61-58-55-52-49-44-21-18-15-12-9-6-3)66-84-72(77)60-57-54-51-48-46-43-41-39-36-34-31-29-27-25-23-20-17-14-11-8-5-2/h7-8,10-11,16-17,19-20,24-27,30-32,34-35,37,39,41,46,48,68-70,74-75H,4-6,9,12-15,18,21-23,28-29,33,36,38,40,42-45,47,49-67H2,1-3H3,(H,79,80)(H,81,82)/b10-7-,11-8-,19-16-,20-17-,26-24-,27-25-,32-30-,34-31-,37-35-,41-39-,48-46-. The van der Waals surface area contributed by atoms with Gasteiger partial charge in [-0.3, -0.25) is 32.5 Å². The minimum Gasteiger partial charge on any atom is -0.463 e. The summed E-state index contributed by atoms with van der Waals surface area (Å²) in [5, 5.41) is 20.5. The minimum absolute atomic E-state index is 0.0932. The number of aliphatic hydroxyl groups is 2. The van der Waals surface area contributed by atoms with Crippen LogP contribution in [0.25, 0.3) is 0 Å². The number of phosphoric acid groups is 2. The lowest BCUT2D eigenvalue weighted by atomic mass is 10.1. The fourth-order valence-electron chi connectivity index (χ4n) is 8.66. The zero-order valence-corrected chi connectivity index (χ0v) is 58.0. The van der Waals surface area contributed by atoms with Crippen LogP contribution in [0.2, 0.25) is 0 Å². The van der Waals surface area contributed by atoms with Crippen molar-refractivity contribution in [1.82, 2.24) is 0 Å². The van der Waals surface area contributed by atoms with Crippen molar-refractivity contribution >= 4 is 33.6 Å². The van der Waals surface area contributed by atoms with E-state index in [9.17, 15) is 43.5 Å². The number of esters is 3. The number of hydrogen-bond acceptors (Lipinski definition) is 14. The van der Waals surface area contributed by atoms with E-state index in [-0.39, 0.29) is 19.3 Å². The molecule has 0 aromatic heterocycles. The van der Waals surface area contributed by atoms with Crippen molar-refractivity contribution in [3.63, 3.8) is 0 Å². The van der Waals surface area contributed by atoms with E-state index in [1.165, 1.54) is 38.5 Å². The topological polar surface area (TPSA) is 231 Å². The van der Waals surface area contributed by atoms with E-state index in [4.69, 9.17) is 32.3 Å². The van der Waals surface area contributed by atoms with E-state index >= 15 is 0 Å². The number of unbranched alkanes of at least 4 members (excludes halogenated alkanes) is 19. The van der Waals surface area contributed by atoms with Crippen molar-refractivity contribution in [2.24, 2.45) is 0 Å². The Morgan fingerprint density at radius 3 is 0.945 bits per heavy atom. The summed E-state index contributed by atoms with van der Waals surface area (Å²) in [6.07, 6.45) is 76.6. The maximum atomic E-state index is 12.9. The Labute approximate surface area is 550 Å². The normalized spacial score (nSPS) is 15.0. The summed E-state index contributed by atoms with van der Waals surface area (Å²) < 4.78 is 60.8. The second kappa shape index (κ2) is 65.7. The molecule has 520 valence electrons. The average molecular weight is 1320 g/mol. The first-order valence-corrected chi connectivity index (χ1v) is 37.5. The van der Waals surface area contributed by atoms with Crippen LogP contribution >= 0.6 is 15.6 Å². The zero-order valence-electron chi connectivity index (χ0n) is 56.2. The number of rotatable bonds is 64. The van der Waals surface area contributed by atoms with Crippen molar-refractivity contribution in [3.05, 3.63) is 134 Å². The first-order valence-electron chi connectivity index (χ1n) is 34.5. The molecule has 18 heteroatoms. The van der Waals surface area contributed by atoms with Gasteiger partial charge in [-0.15, -0.1) is 0 Å². The lowest BCUT2D eigenvalue weighted by molar-refractivity contribution is -0.161. The first-order chi connectivity index (χ1) is 44.2. The fourth-order valence-corrected chi connectivity index (χ4v) is 10.2. The van der Waals surface area contributed by atoms with Gasteiger partial charge < -0.3 is 34.2 Å². The fraction of sp³-hybridized carbons (Fsp3) is 0.658. The lowest BCUT2D eigenvalue weighted by Gasteiger charge is -2.21. The monoisotopic (exact) mass is 1320 g/mol. The van der Waals surface area contributed by atoms with Crippen molar-refractivity contribution in [1.29, 1.82) is 0 Å². The summed E-state index contributed by atoms with van der Waals surface area (Å²) in [4.78, 5) is 58.3. The summed E-state index contributed by atoms with van der Waals surface area (Å²) >= 11 is 0. The van der Waals surface area contributed by atoms with Crippen molar-refractivity contribution in [2.45, 2.75) is 270 Å². The van der Waals surface area contributed by atoms with Gasteiger partial charge in [0.25, 0.3) is 0 Å². The van der Waals surface area contributed by atoms with E-state index < -0.39 is 91.5 Å². The minimum atomic E-state index is -4.93. The van der Waals surface area contributed by atoms with Crippen LogP contribution in [0.5, 0.6) is 0 Å². The van der Waals surface area contributed by atoms with Crippen molar-refractivity contribution < 1.29 is 75.8 Å². The first kappa shape index (κ1) is 86.7. The molecule has 0 spiro atoms. The number of allylic oxidation sites excluding steroid dienone is 22. The van der Waals surface area contributed by atoms with Crippen LogP contribution in [0, 0.1) is 0 Å². The van der Waals surface area contributed by atoms with Gasteiger partial charge in [0.15, 0.2) is 6.10 Å². The summed E-state index contributed by atoms with van der Waals surface area (Å²) in [5.74, 6) is -1.64. The highest BCUT2D eigenvalue weighted by atomic mass is 31.2. The molecule has 0 heterocycles. The van der Waals surface area contributed by atoms with Crippen LogP contribution in [-0.4, -0.2) is 95.9 Å². The second-order valence-corrected chi connectivity index (χ2v) is 25.5. The summed E-state index contributed by atoms with van der Waals surface area (Å²) in [6.45, 7) is 2.35. The number of ether oxygens (including phenoxy) is 3. The van der Waals surface area contributed by atoms with Gasteiger partial charge in [0.2, 0.25) is 0 Å². The van der Waals surface area contributed by atoms with E-state index in [2.05, 4.69) is 154 Å². The predicted molar refractivity (Wildman–Crippen MR) is 371 cm³/mol. The predicted octanol–water partition coefficient (Wildman–Crippen LogP) is 19.2. The Morgan fingerprint density at radius 2 is 0.582 bits per heavy atom. The molecule has 0 saturated heterocycles. The largest absolute Gasteiger partial charge is 0.472 e. The van der Waals surface area contributed by atoms with Gasteiger partial charge in [0.1, 0.15) is 25.4 Å². The van der Waals surface area contributed by atoms with Crippen LogP contribution in [0.15, 0.2) is 134 Å². The molecule has 5 unspecified atom stereocenters. The molecule has 0 amide bonds. The van der Waals surface area contributed by atoms with Crippen LogP contribution in [0.3, 0.4) is 0 Å². The number of carbonyl (C=O) groups is 3. The molecule has 0 rings (SSSR count). The highest BCUT2D eigenvalue weighted by Gasteiger charge is 2.29. The van der Waals surface area contributed by atoms with Gasteiger partial charge in [0.05, 0.1) is 26.4 Å². The number of phosphoric ester groups is 2. The molecule has 0 radical (unpaired) electrons. The molecule has 0 aliphatic heterocycles. The average Bonchev–Trinajstić information content (AvgIpc) is 3.66. The molecule has 0 saturated carbocycles. The molecule has 16 nitrogen and oxygen atoms in total. The zero-order chi connectivity index (χ0) is 66.7. The smallest absolute Gasteiger partial charge is 0.463 e. The third-order valence-corrected chi connectivity index (χ3v) is 15.8. The quantitative estimate of drug-likeness (QED) is 0.0146. The number of carbonyl (C=O) groups excluding carboxylic acids is 3. The molecule has 0 aliphatic rings. The maximum Gasteiger partial charge on any atom is 0.472 e.